The highest BCUT2D eigenvalue weighted by molar-refractivity contribution is 7.80. The molecule has 0 aliphatic rings. The molecular formula is C14H17N3OS. The quantitative estimate of drug-likeness (QED) is 0.819. The molecule has 1 atom stereocenters. The molecule has 100 valence electrons. The van der Waals surface area contributed by atoms with E-state index in [9.17, 15) is 4.79 Å². The molecule has 0 fully saturated rings. The van der Waals surface area contributed by atoms with Gasteiger partial charge in [0.05, 0.1) is 16.7 Å². The van der Waals surface area contributed by atoms with E-state index < -0.39 is 0 Å². The second kappa shape index (κ2) is 6.52. The van der Waals surface area contributed by atoms with E-state index in [0.717, 1.165) is 16.7 Å². The van der Waals surface area contributed by atoms with Crippen LogP contribution in [-0.2, 0) is 11.2 Å². The Bertz CT molecular complexity index is 573. The number of nitrogens with zero attached hydrogens (tertiary/aromatic N) is 2. The van der Waals surface area contributed by atoms with Crippen molar-refractivity contribution in [1.29, 1.82) is 0 Å². The van der Waals surface area contributed by atoms with Gasteiger partial charge in [-0.25, -0.2) is 4.98 Å². The number of fused-ring (bicyclic) bond motifs is 1. The second-order valence-electron chi connectivity index (χ2n) is 4.47. The topological polar surface area (TPSA) is 54.9 Å². The third-order valence-corrected chi connectivity index (χ3v) is 3.10. The van der Waals surface area contributed by atoms with Gasteiger partial charge in [-0.3, -0.25) is 9.78 Å². The first-order chi connectivity index (χ1) is 9.20. The molecule has 0 radical (unpaired) electrons. The van der Waals surface area contributed by atoms with Crippen LogP contribution in [0.1, 0.15) is 12.6 Å². The molecule has 0 saturated heterocycles. The molecule has 0 saturated carbocycles. The van der Waals surface area contributed by atoms with Crippen molar-refractivity contribution in [2.75, 3.05) is 12.3 Å². The Balaban J connectivity index is 2.06. The second-order valence-corrected chi connectivity index (χ2v) is 4.92. The highest BCUT2D eigenvalue weighted by atomic mass is 32.1. The number of hydrogen-bond donors (Lipinski definition) is 2. The number of thiol groups is 1. The summed E-state index contributed by atoms with van der Waals surface area (Å²) in [6.07, 6.45) is 2.33. The van der Waals surface area contributed by atoms with Gasteiger partial charge in [0.15, 0.2) is 0 Å². The van der Waals surface area contributed by atoms with Gasteiger partial charge in [0, 0.05) is 30.8 Å². The maximum absolute atomic E-state index is 11.8. The number of rotatable bonds is 5. The standard InChI is InChI=1S/C14H17N3OS/c1-10(14(18)15-6-7-19)8-11-9-16-12-4-2-3-5-13(12)17-11/h2-5,9-10,19H,6-8H2,1H3,(H,15,18). The van der Waals surface area contributed by atoms with Crippen LogP contribution in [0.5, 0.6) is 0 Å². The van der Waals surface area contributed by atoms with Crippen molar-refractivity contribution in [1.82, 2.24) is 15.3 Å². The Hall–Kier alpha value is -1.62. The van der Waals surface area contributed by atoms with E-state index in [1.807, 2.05) is 31.2 Å². The van der Waals surface area contributed by atoms with Gasteiger partial charge >= 0.3 is 0 Å². The summed E-state index contributed by atoms with van der Waals surface area (Å²) in [5, 5.41) is 2.83. The summed E-state index contributed by atoms with van der Waals surface area (Å²) in [6.45, 7) is 2.49. The van der Waals surface area contributed by atoms with Gasteiger partial charge in [0.25, 0.3) is 0 Å². The summed E-state index contributed by atoms with van der Waals surface area (Å²) >= 11 is 4.07. The SMILES string of the molecule is CC(Cc1cnc2ccccc2n1)C(=O)NCCS. The maximum Gasteiger partial charge on any atom is 0.223 e. The van der Waals surface area contributed by atoms with E-state index in [1.165, 1.54) is 0 Å². The van der Waals surface area contributed by atoms with Crippen LogP contribution < -0.4 is 5.32 Å². The summed E-state index contributed by atoms with van der Waals surface area (Å²) < 4.78 is 0. The average Bonchev–Trinajstić information content (AvgIpc) is 2.44. The van der Waals surface area contributed by atoms with Crippen LogP contribution in [0.2, 0.25) is 0 Å². The summed E-state index contributed by atoms with van der Waals surface area (Å²) in [5.74, 6) is 0.563. The summed E-state index contributed by atoms with van der Waals surface area (Å²) in [4.78, 5) is 20.6. The first-order valence-corrected chi connectivity index (χ1v) is 6.93. The Morgan fingerprint density at radius 2 is 2.11 bits per heavy atom. The minimum Gasteiger partial charge on any atom is -0.355 e. The van der Waals surface area contributed by atoms with Crippen LogP contribution in [-0.4, -0.2) is 28.2 Å². The molecule has 1 aromatic carbocycles. The van der Waals surface area contributed by atoms with Gasteiger partial charge in [0.1, 0.15) is 0 Å². The fraction of sp³-hybridized carbons (Fsp3) is 0.357. The zero-order chi connectivity index (χ0) is 13.7. The molecule has 0 spiro atoms. The van der Waals surface area contributed by atoms with E-state index in [2.05, 4.69) is 27.9 Å². The predicted octanol–water partition coefficient (Wildman–Crippen LogP) is 1.85. The minimum absolute atomic E-state index is 0.0315. The van der Waals surface area contributed by atoms with Gasteiger partial charge in [-0.15, -0.1) is 0 Å². The number of carbonyl (C=O) groups excluding carboxylic acids is 1. The molecule has 5 heteroatoms. The molecular weight excluding hydrogens is 258 g/mol. The molecule has 1 heterocycles. The summed E-state index contributed by atoms with van der Waals surface area (Å²) in [6, 6.07) is 7.72. The van der Waals surface area contributed by atoms with E-state index in [0.29, 0.717) is 18.7 Å². The molecule has 4 nitrogen and oxygen atoms in total. The Kier molecular flexibility index (Phi) is 4.74. The van der Waals surface area contributed by atoms with Crippen LogP contribution in [0.25, 0.3) is 11.0 Å². The van der Waals surface area contributed by atoms with Gasteiger partial charge in [0.2, 0.25) is 5.91 Å². The van der Waals surface area contributed by atoms with Crippen LogP contribution >= 0.6 is 12.6 Å². The zero-order valence-corrected chi connectivity index (χ0v) is 11.7. The third-order valence-electron chi connectivity index (χ3n) is 2.87. The fourth-order valence-electron chi connectivity index (χ4n) is 1.85. The lowest BCUT2D eigenvalue weighted by atomic mass is 10.1. The molecule has 1 amide bonds. The van der Waals surface area contributed by atoms with Crippen molar-refractivity contribution in [3.8, 4) is 0 Å². The molecule has 2 aromatic rings. The highest BCUT2D eigenvalue weighted by Gasteiger charge is 2.14. The smallest absolute Gasteiger partial charge is 0.223 e. The van der Waals surface area contributed by atoms with E-state index in [1.54, 1.807) is 6.20 Å². The van der Waals surface area contributed by atoms with E-state index >= 15 is 0 Å². The number of nitrogens with one attached hydrogen (secondary N) is 1. The van der Waals surface area contributed by atoms with Crippen molar-refractivity contribution in [3.63, 3.8) is 0 Å². The lowest BCUT2D eigenvalue weighted by molar-refractivity contribution is -0.124. The normalized spacial score (nSPS) is 12.3. The average molecular weight is 275 g/mol. The maximum atomic E-state index is 11.8. The van der Waals surface area contributed by atoms with Crippen molar-refractivity contribution < 1.29 is 4.79 Å². The van der Waals surface area contributed by atoms with E-state index in [4.69, 9.17) is 0 Å². The zero-order valence-electron chi connectivity index (χ0n) is 10.8. The first kappa shape index (κ1) is 13.8. The van der Waals surface area contributed by atoms with Crippen LogP contribution in [0, 0.1) is 5.92 Å². The van der Waals surface area contributed by atoms with Gasteiger partial charge in [-0.1, -0.05) is 19.1 Å². The van der Waals surface area contributed by atoms with Crippen molar-refractivity contribution in [3.05, 3.63) is 36.2 Å². The third kappa shape index (κ3) is 3.67. The van der Waals surface area contributed by atoms with Gasteiger partial charge < -0.3 is 5.32 Å². The largest absolute Gasteiger partial charge is 0.355 e. The minimum atomic E-state index is -0.115. The van der Waals surface area contributed by atoms with Crippen LogP contribution in [0.15, 0.2) is 30.5 Å². The van der Waals surface area contributed by atoms with Gasteiger partial charge in [-0.2, -0.15) is 12.6 Å². The number of para-hydroxylation sites is 2. The van der Waals surface area contributed by atoms with Gasteiger partial charge in [-0.05, 0) is 12.1 Å². The highest BCUT2D eigenvalue weighted by Crippen LogP contribution is 2.11. The van der Waals surface area contributed by atoms with Crippen LogP contribution in [0.3, 0.4) is 0 Å². The predicted molar refractivity (Wildman–Crippen MR) is 79.3 cm³/mol. The molecule has 1 aromatic heterocycles. The molecule has 0 aliphatic heterocycles. The van der Waals surface area contributed by atoms with E-state index in [-0.39, 0.29) is 11.8 Å². The van der Waals surface area contributed by atoms with Crippen molar-refractivity contribution >= 4 is 29.6 Å². The summed E-state index contributed by atoms with van der Waals surface area (Å²) in [5.41, 5.74) is 2.58. The number of hydrogen-bond acceptors (Lipinski definition) is 4. The molecule has 2 rings (SSSR count). The lowest BCUT2D eigenvalue weighted by Crippen LogP contribution is -2.31. The lowest BCUT2D eigenvalue weighted by Gasteiger charge is -2.11. The Morgan fingerprint density at radius 3 is 2.84 bits per heavy atom. The number of benzene rings is 1. The molecule has 1 unspecified atom stereocenters. The van der Waals surface area contributed by atoms with Crippen molar-refractivity contribution in [2.24, 2.45) is 5.92 Å². The van der Waals surface area contributed by atoms with Crippen molar-refractivity contribution in [2.45, 2.75) is 13.3 Å². The first-order valence-electron chi connectivity index (χ1n) is 6.30. The Morgan fingerprint density at radius 1 is 1.37 bits per heavy atom. The number of amides is 1. The monoisotopic (exact) mass is 275 g/mol. The molecule has 19 heavy (non-hydrogen) atoms. The Labute approximate surface area is 118 Å². The number of carbonyl (C=O) groups is 1. The molecule has 1 N–H and O–H groups in total. The fourth-order valence-corrected chi connectivity index (χ4v) is 1.97. The molecule has 0 bridgehead atoms. The molecule has 0 aliphatic carbocycles. The number of aromatic nitrogens is 2. The summed E-state index contributed by atoms with van der Waals surface area (Å²) in [7, 11) is 0. The van der Waals surface area contributed by atoms with Crippen LogP contribution in [0.4, 0.5) is 0 Å².